The molecule has 0 radical (unpaired) electrons. The molecule has 0 spiro atoms. The van der Waals surface area contributed by atoms with Gasteiger partial charge in [-0.05, 0) is 25.7 Å². The molecule has 1 saturated heterocycles. The highest BCUT2D eigenvalue weighted by molar-refractivity contribution is 5.36. The standard InChI is InChI=1S/C12H19N3O2/c1-9(17)10-2-4-15(5-3-10)12-7-13-6-11(8-16)14-12/h6-7,9-10,16-17H,2-5,8H2,1H3. The van der Waals surface area contributed by atoms with Crippen LogP contribution in [0.2, 0.25) is 0 Å². The SMILES string of the molecule is CC(O)C1CCN(c2cncc(CO)n2)CC1. The molecule has 1 aromatic rings. The summed E-state index contributed by atoms with van der Waals surface area (Å²) in [7, 11) is 0. The normalized spacial score (nSPS) is 19.4. The van der Waals surface area contributed by atoms with Crippen molar-refractivity contribution in [1.29, 1.82) is 0 Å². The van der Waals surface area contributed by atoms with Crippen LogP contribution in [0.15, 0.2) is 12.4 Å². The number of anilines is 1. The van der Waals surface area contributed by atoms with Gasteiger partial charge in [0.2, 0.25) is 0 Å². The summed E-state index contributed by atoms with van der Waals surface area (Å²) in [4.78, 5) is 10.6. The number of aliphatic hydroxyl groups is 2. The van der Waals surface area contributed by atoms with Crippen LogP contribution in [-0.2, 0) is 6.61 Å². The van der Waals surface area contributed by atoms with Gasteiger partial charge in [-0.2, -0.15) is 0 Å². The van der Waals surface area contributed by atoms with Crippen LogP contribution in [-0.4, -0.2) is 39.4 Å². The van der Waals surface area contributed by atoms with Gasteiger partial charge < -0.3 is 15.1 Å². The number of piperidine rings is 1. The second kappa shape index (κ2) is 5.42. The molecule has 2 rings (SSSR count). The fourth-order valence-electron chi connectivity index (χ4n) is 2.23. The number of hydrogen-bond acceptors (Lipinski definition) is 5. The van der Waals surface area contributed by atoms with Gasteiger partial charge in [-0.25, -0.2) is 4.98 Å². The fraction of sp³-hybridized carbons (Fsp3) is 0.667. The van der Waals surface area contributed by atoms with Crippen molar-refractivity contribution in [3.63, 3.8) is 0 Å². The molecule has 0 aromatic carbocycles. The molecular formula is C12H19N3O2. The zero-order valence-corrected chi connectivity index (χ0v) is 10.1. The van der Waals surface area contributed by atoms with Crippen LogP contribution in [0.25, 0.3) is 0 Å². The Kier molecular flexibility index (Phi) is 3.91. The Hall–Kier alpha value is -1.20. The lowest BCUT2D eigenvalue weighted by Crippen LogP contribution is -2.37. The van der Waals surface area contributed by atoms with E-state index >= 15 is 0 Å². The zero-order valence-electron chi connectivity index (χ0n) is 10.1. The lowest BCUT2D eigenvalue weighted by Gasteiger charge is -2.33. The molecule has 17 heavy (non-hydrogen) atoms. The van der Waals surface area contributed by atoms with Crippen LogP contribution >= 0.6 is 0 Å². The molecule has 0 bridgehead atoms. The average Bonchev–Trinajstić information content (AvgIpc) is 2.39. The molecule has 1 unspecified atom stereocenters. The first kappa shape index (κ1) is 12.3. The maximum atomic E-state index is 9.54. The molecule has 1 aliphatic heterocycles. The van der Waals surface area contributed by atoms with Crippen molar-refractivity contribution in [2.24, 2.45) is 5.92 Å². The highest BCUT2D eigenvalue weighted by Gasteiger charge is 2.23. The molecule has 94 valence electrons. The third-order valence-corrected chi connectivity index (χ3v) is 3.38. The van der Waals surface area contributed by atoms with Gasteiger partial charge in [0.25, 0.3) is 0 Å². The quantitative estimate of drug-likeness (QED) is 0.804. The van der Waals surface area contributed by atoms with E-state index in [2.05, 4.69) is 14.9 Å². The van der Waals surface area contributed by atoms with Crippen molar-refractivity contribution in [1.82, 2.24) is 9.97 Å². The highest BCUT2D eigenvalue weighted by Crippen LogP contribution is 2.23. The lowest BCUT2D eigenvalue weighted by atomic mass is 9.92. The van der Waals surface area contributed by atoms with Crippen molar-refractivity contribution in [3.8, 4) is 0 Å². The van der Waals surface area contributed by atoms with Crippen LogP contribution in [0.4, 0.5) is 5.82 Å². The van der Waals surface area contributed by atoms with E-state index in [0.717, 1.165) is 31.7 Å². The molecule has 5 nitrogen and oxygen atoms in total. The maximum Gasteiger partial charge on any atom is 0.147 e. The number of aliphatic hydroxyl groups excluding tert-OH is 2. The molecule has 2 heterocycles. The molecule has 1 aliphatic rings. The summed E-state index contributed by atoms with van der Waals surface area (Å²) in [5, 5.41) is 18.6. The Labute approximate surface area is 101 Å². The van der Waals surface area contributed by atoms with Crippen LogP contribution in [0.5, 0.6) is 0 Å². The molecule has 1 atom stereocenters. The minimum absolute atomic E-state index is 0.0784. The molecular weight excluding hydrogens is 218 g/mol. The molecule has 1 fully saturated rings. The van der Waals surface area contributed by atoms with Gasteiger partial charge in [0.05, 0.1) is 30.8 Å². The monoisotopic (exact) mass is 237 g/mol. The summed E-state index contributed by atoms with van der Waals surface area (Å²) in [6.07, 6.45) is 5.02. The molecule has 1 aromatic heterocycles. The molecule has 0 aliphatic carbocycles. The Morgan fingerprint density at radius 2 is 2.12 bits per heavy atom. The van der Waals surface area contributed by atoms with Gasteiger partial charge in [-0.3, -0.25) is 4.98 Å². The van der Waals surface area contributed by atoms with E-state index in [4.69, 9.17) is 5.11 Å². The van der Waals surface area contributed by atoms with Crippen molar-refractivity contribution in [2.45, 2.75) is 32.5 Å². The van der Waals surface area contributed by atoms with Gasteiger partial charge in [0.1, 0.15) is 5.82 Å². The summed E-state index contributed by atoms with van der Waals surface area (Å²) in [5.41, 5.74) is 0.597. The predicted molar refractivity (Wildman–Crippen MR) is 64.6 cm³/mol. The van der Waals surface area contributed by atoms with Crippen molar-refractivity contribution >= 4 is 5.82 Å². The van der Waals surface area contributed by atoms with Gasteiger partial charge in [0, 0.05) is 13.1 Å². The summed E-state index contributed by atoms with van der Waals surface area (Å²) in [5.74, 6) is 1.21. The molecule has 0 amide bonds. The minimum atomic E-state index is -0.230. The maximum absolute atomic E-state index is 9.54. The Balaban J connectivity index is 2.00. The van der Waals surface area contributed by atoms with Crippen LogP contribution < -0.4 is 4.90 Å². The number of nitrogens with zero attached hydrogens (tertiary/aromatic N) is 3. The van der Waals surface area contributed by atoms with Crippen LogP contribution in [0.3, 0.4) is 0 Å². The van der Waals surface area contributed by atoms with Crippen LogP contribution in [0, 0.1) is 5.92 Å². The van der Waals surface area contributed by atoms with Crippen molar-refractivity contribution in [2.75, 3.05) is 18.0 Å². The number of aromatic nitrogens is 2. The van der Waals surface area contributed by atoms with Crippen molar-refractivity contribution < 1.29 is 10.2 Å². The van der Waals surface area contributed by atoms with E-state index in [0.29, 0.717) is 11.6 Å². The Morgan fingerprint density at radius 3 is 2.71 bits per heavy atom. The van der Waals surface area contributed by atoms with E-state index in [1.165, 1.54) is 0 Å². The Morgan fingerprint density at radius 1 is 1.41 bits per heavy atom. The van der Waals surface area contributed by atoms with Crippen LogP contribution in [0.1, 0.15) is 25.5 Å². The van der Waals surface area contributed by atoms with Gasteiger partial charge >= 0.3 is 0 Å². The highest BCUT2D eigenvalue weighted by atomic mass is 16.3. The van der Waals surface area contributed by atoms with E-state index < -0.39 is 0 Å². The van der Waals surface area contributed by atoms with E-state index in [-0.39, 0.29) is 12.7 Å². The zero-order chi connectivity index (χ0) is 12.3. The fourth-order valence-corrected chi connectivity index (χ4v) is 2.23. The van der Waals surface area contributed by atoms with Crippen molar-refractivity contribution in [3.05, 3.63) is 18.1 Å². The molecule has 2 N–H and O–H groups in total. The molecule has 5 heteroatoms. The summed E-state index contributed by atoms with van der Waals surface area (Å²) >= 11 is 0. The van der Waals surface area contributed by atoms with Gasteiger partial charge in [-0.15, -0.1) is 0 Å². The topological polar surface area (TPSA) is 69.5 Å². The second-order valence-electron chi connectivity index (χ2n) is 4.59. The summed E-state index contributed by atoms with van der Waals surface area (Å²) in [6.45, 7) is 3.55. The van der Waals surface area contributed by atoms with E-state index in [1.54, 1.807) is 12.4 Å². The average molecular weight is 237 g/mol. The first-order valence-corrected chi connectivity index (χ1v) is 6.05. The largest absolute Gasteiger partial charge is 0.393 e. The van der Waals surface area contributed by atoms with Gasteiger partial charge in [0.15, 0.2) is 0 Å². The van der Waals surface area contributed by atoms with E-state index in [9.17, 15) is 5.11 Å². The minimum Gasteiger partial charge on any atom is -0.393 e. The third-order valence-electron chi connectivity index (χ3n) is 3.38. The van der Waals surface area contributed by atoms with E-state index in [1.807, 2.05) is 6.92 Å². The summed E-state index contributed by atoms with van der Waals surface area (Å²) < 4.78 is 0. The first-order chi connectivity index (χ1) is 8.20. The second-order valence-corrected chi connectivity index (χ2v) is 4.59. The number of hydrogen-bond donors (Lipinski definition) is 2. The third kappa shape index (κ3) is 2.92. The predicted octanol–water partition coefficient (Wildman–Crippen LogP) is 0.566. The summed E-state index contributed by atoms with van der Waals surface area (Å²) in [6, 6.07) is 0. The smallest absolute Gasteiger partial charge is 0.147 e. The lowest BCUT2D eigenvalue weighted by molar-refractivity contribution is 0.109. The Bertz CT molecular complexity index is 363. The molecule has 0 saturated carbocycles. The first-order valence-electron chi connectivity index (χ1n) is 6.05. The number of rotatable bonds is 3. The van der Waals surface area contributed by atoms with Gasteiger partial charge in [-0.1, -0.05) is 0 Å².